The van der Waals surface area contributed by atoms with Crippen LogP contribution in [0.1, 0.15) is 5.69 Å². The number of nitrogens with zero attached hydrogens (tertiary/aromatic N) is 3. The highest BCUT2D eigenvalue weighted by atomic mass is 127. The number of pyridine rings is 1. The first-order valence-corrected chi connectivity index (χ1v) is 8.09. The second kappa shape index (κ2) is 9.88. The van der Waals surface area contributed by atoms with Crippen LogP contribution in [0.25, 0.3) is 5.65 Å². The summed E-state index contributed by atoms with van der Waals surface area (Å²) in [6.45, 7) is 1.75. The minimum absolute atomic E-state index is 0. The number of hydrogen-bond acceptors (Lipinski definition) is 3. The van der Waals surface area contributed by atoms with Crippen molar-refractivity contribution in [3.05, 3.63) is 36.3 Å². The highest BCUT2D eigenvalue weighted by Crippen LogP contribution is 2.04. The Balaban J connectivity index is 0.00000220. The molecule has 2 aromatic rings. The molecule has 21 heavy (non-hydrogen) atoms. The van der Waals surface area contributed by atoms with Gasteiger partial charge in [-0.1, -0.05) is 6.07 Å². The molecule has 7 heteroatoms. The summed E-state index contributed by atoms with van der Waals surface area (Å²) < 4.78 is 2.04. The van der Waals surface area contributed by atoms with Crippen LogP contribution in [0.15, 0.2) is 35.6 Å². The monoisotopic (exact) mass is 419 g/mol. The molecular formula is C14H22IN5S. The van der Waals surface area contributed by atoms with E-state index in [4.69, 9.17) is 0 Å². The smallest absolute Gasteiger partial charge is 0.191 e. The van der Waals surface area contributed by atoms with E-state index < -0.39 is 0 Å². The van der Waals surface area contributed by atoms with Crippen LogP contribution < -0.4 is 10.6 Å². The van der Waals surface area contributed by atoms with Gasteiger partial charge in [-0.05, 0) is 18.4 Å². The molecule has 2 N–H and O–H groups in total. The van der Waals surface area contributed by atoms with Crippen molar-refractivity contribution in [2.24, 2.45) is 4.99 Å². The maximum atomic E-state index is 4.57. The third-order valence-corrected chi connectivity index (χ3v) is 3.52. The highest BCUT2D eigenvalue weighted by molar-refractivity contribution is 14.0. The van der Waals surface area contributed by atoms with Crippen molar-refractivity contribution in [1.82, 2.24) is 20.0 Å². The third-order valence-electron chi connectivity index (χ3n) is 2.91. The maximum Gasteiger partial charge on any atom is 0.191 e. The van der Waals surface area contributed by atoms with Gasteiger partial charge in [-0.15, -0.1) is 24.0 Å². The Morgan fingerprint density at radius 2 is 2.14 bits per heavy atom. The lowest BCUT2D eigenvalue weighted by Gasteiger charge is -2.10. The average molecular weight is 419 g/mol. The number of nitrogens with one attached hydrogen (secondary N) is 2. The van der Waals surface area contributed by atoms with Gasteiger partial charge in [0.1, 0.15) is 5.65 Å². The number of aliphatic imine (C=N–C) groups is 1. The van der Waals surface area contributed by atoms with E-state index in [0.29, 0.717) is 0 Å². The summed E-state index contributed by atoms with van der Waals surface area (Å²) in [6, 6.07) is 6.02. The van der Waals surface area contributed by atoms with E-state index in [-0.39, 0.29) is 24.0 Å². The van der Waals surface area contributed by atoms with E-state index in [1.165, 1.54) is 0 Å². The first-order valence-electron chi connectivity index (χ1n) is 6.69. The zero-order valence-corrected chi connectivity index (χ0v) is 15.5. The van der Waals surface area contributed by atoms with E-state index in [1.807, 2.05) is 40.6 Å². The van der Waals surface area contributed by atoms with Crippen LogP contribution in [0.5, 0.6) is 0 Å². The SMILES string of the molecule is CN=C(NCCSC)NCCc1cn2ccccc2n1.I. The number of hydrogen-bond donors (Lipinski definition) is 2. The third kappa shape index (κ3) is 5.74. The Labute approximate surface area is 147 Å². The standard InChI is InChI=1S/C14H21N5S.HI/c1-15-14(17-8-10-20-2)16-7-6-12-11-19-9-4-3-5-13(19)18-12;/h3-5,9,11H,6-8,10H2,1-2H3,(H2,15,16,17);1H. The average Bonchev–Trinajstić information content (AvgIpc) is 2.88. The Kier molecular flexibility index (Phi) is 8.51. The van der Waals surface area contributed by atoms with Crippen LogP contribution in [-0.4, -0.2) is 47.5 Å². The van der Waals surface area contributed by atoms with Gasteiger partial charge in [-0.2, -0.15) is 11.8 Å². The molecular weight excluding hydrogens is 397 g/mol. The molecule has 0 fully saturated rings. The Bertz CT molecular complexity index is 536. The lowest BCUT2D eigenvalue weighted by atomic mass is 10.3. The van der Waals surface area contributed by atoms with Crippen molar-refractivity contribution < 1.29 is 0 Å². The van der Waals surface area contributed by atoms with Gasteiger partial charge in [0.05, 0.1) is 5.69 Å². The molecule has 0 amide bonds. The fourth-order valence-electron chi connectivity index (χ4n) is 1.91. The van der Waals surface area contributed by atoms with Gasteiger partial charge < -0.3 is 15.0 Å². The quantitative estimate of drug-likeness (QED) is 0.326. The van der Waals surface area contributed by atoms with Crippen LogP contribution in [0, 0.1) is 0 Å². The molecule has 2 aromatic heterocycles. The highest BCUT2D eigenvalue weighted by Gasteiger charge is 2.01. The lowest BCUT2D eigenvalue weighted by Crippen LogP contribution is -2.39. The molecule has 0 bridgehead atoms. The topological polar surface area (TPSA) is 53.7 Å². The molecule has 0 unspecified atom stereocenters. The number of halogens is 1. The fourth-order valence-corrected chi connectivity index (χ4v) is 2.21. The van der Waals surface area contributed by atoms with Crippen LogP contribution in [0.2, 0.25) is 0 Å². The van der Waals surface area contributed by atoms with E-state index in [1.54, 1.807) is 7.05 Å². The Morgan fingerprint density at radius 3 is 2.86 bits per heavy atom. The van der Waals surface area contributed by atoms with Crippen molar-refractivity contribution in [1.29, 1.82) is 0 Å². The molecule has 0 spiro atoms. The Morgan fingerprint density at radius 1 is 1.33 bits per heavy atom. The summed E-state index contributed by atoms with van der Waals surface area (Å²) >= 11 is 1.82. The number of aromatic nitrogens is 2. The number of fused-ring (bicyclic) bond motifs is 1. The maximum absolute atomic E-state index is 4.57. The van der Waals surface area contributed by atoms with Gasteiger partial charge in [0.15, 0.2) is 5.96 Å². The molecule has 2 rings (SSSR count). The summed E-state index contributed by atoms with van der Waals surface area (Å²) in [6.07, 6.45) is 7.06. The first kappa shape index (κ1) is 18.1. The minimum Gasteiger partial charge on any atom is -0.356 e. The zero-order chi connectivity index (χ0) is 14.2. The van der Waals surface area contributed by atoms with Crippen molar-refractivity contribution in [3.8, 4) is 0 Å². The molecule has 116 valence electrons. The lowest BCUT2D eigenvalue weighted by molar-refractivity contribution is 0.802. The Hall–Kier alpha value is -0.960. The summed E-state index contributed by atoms with van der Waals surface area (Å²) in [7, 11) is 1.79. The van der Waals surface area contributed by atoms with Gasteiger partial charge in [-0.25, -0.2) is 4.98 Å². The van der Waals surface area contributed by atoms with Gasteiger partial charge in [-0.3, -0.25) is 4.99 Å². The first-order chi connectivity index (χ1) is 9.83. The van der Waals surface area contributed by atoms with Gasteiger partial charge in [0.25, 0.3) is 0 Å². The second-order valence-electron chi connectivity index (χ2n) is 4.37. The number of thioether (sulfide) groups is 1. The van der Waals surface area contributed by atoms with Gasteiger partial charge >= 0.3 is 0 Å². The van der Waals surface area contributed by atoms with E-state index in [0.717, 1.165) is 42.6 Å². The normalized spacial score (nSPS) is 11.2. The molecule has 0 aliphatic carbocycles. The zero-order valence-electron chi connectivity index (χ0n) is 12.4. The van der Waals surface area contributed by atoms with Gasteiger partial charge in [0, 0.05) is 44.7 Å². The minimum atomic E-state index is 0. The molecule has 0 atom stereocenters. The number of guanidine groups is 1. The molecule has 0 saturated carbocycles. The van der Waals surface area contributed by atoms with Crippen LogP contribution >= 0.6 is 35.7 Å². The van der Waals surface area contributed by atoms with Crippen LogP contribution in [0.4, 0.5) is 0 Å². The molecule has 0 radical (unpaired) electrons. The summed E-state index contributed by atoms with van der Waals surface area (Å²) in [5.41, 5.74) is 2.08. The molecule has 0 aliphatic heterocycles. The summed E-state index contributed by atoms with van der Waals surface area (Å²) in [5, 5.41) is 6.58. The van der Waals surface area contributed by atoms with Crippen molar-refractivity contribution >= 4 is 47.3 Å². The fraction of sp³-hybridized carbons (Fsp3) is 0.429. The van der Waals surface area contributed by atoms with Crippen molar-refractivity contribution in [2.75, 3.05) is 32.1 Å². The van der Waals surface area contributed by atoms with Crippen molar-refractivity contribution in [2.45, 2.75) is 6.42 Å². The van der Waals surface area contributed by atoms with E-state index in [2.05, 4.69) is 33.1 Å². The largest absolute Gasteiger partial charge is 0.356 e. The van der Waals surface area contributed by atoms with Crippen molar-refractivity contribution in [3.63, 3.8) is 0 Å². The van der Waals surface area contributed by atoms with Gasteiger partial charge in [0.2, 0.25) is 0 Å². The molecule has 0 aliphatic rings. The molecule has 5 nitrogen and oxygen atoms in total. The predicted octanol–water partition coefficient (Wildman–Crippen LogP) is 2.02. The molecule has 2 heterocycles. The predicted molar refractivity (Wildman–Crippen MR) is 102 cm³/mol. The van der Waals surface area contributed by atoms with E-state index in [9.17, 15) is 0 Å². The van der Waals surface area contributed by atoms with E-state index >= 15 is 0 Å². The number of rotatable bonds is 6. The second-order valence-corrected chi connectivity index (χ2v) is 5.35. The summed E-state index contributed by atoms with van der Waals surface area (Å²) in [5.74, 6) is 1.93. The van der Waals surface area contributed by atoms with Crippen LogP contribution in [0.3, 0.4) is 0 Å². The molecule has 0 aromatic carbocycles. The summed E-state index contributed by atoms with van der Waals surface area (Å²) in [4.78, 5) is 8.76. The number of imidazole rings is 1. The van der Waals surface area contributed by atoms with Crippen LogP contribution in [-0.2, 0) is 6.42 Å². The molecule has 0 saturated heterocycles.